The van der Waals surface area contributed by atoms with Gasteiger partial charge in [0.1, 0.15) is 0 Å². The minimum atomic E-state index is -0.385. The van der Waals surface area contributed by atoms with Crippen molar-refractivity contribution >= 4 is 11.9 Å². The second kappa shape index (κ2) is 5.68. The van der Waals surface area contributed by atoms with Gasteiger partial charge in [0.05, 0.1) is 0 Å². The van der Waals surface area contributed by atoms with E-state index in [4.69, 9.17) is 4.42 Å². The van der Waals surface area contributed by atoms with Gasteiger partial charge >= 0.3 is 6.01 Å². The van der Waals surface area contributed by atoms with Gasteiger partial charge in [0.15, 0.2) is 5.69 Å². The van der Waals surface area contributed by atoms with E-state index < -0.39 is 0 Å². The van der Waals surface area contributed by atoms with Crippen LogP contribution in [0.25, 0.3) is 11.5 Å². The van der Waals surface area contributed by atoms with Crippen molar-refractivity contribution < 1.29 is 9.21 Å². The number of anilines is 1. The van der Waals surface area contributed by atoms with Crippen molar-refractivity contribution in [2.75, 3.05) is 5.32 Å². The smallest absolute Gasteiger partial charge is 0.322 e. The molecule has 0 atom stereocenters. The number of nitrogens with zero attached hydrogens (tertiary/aromatic N) is 4. The molecule has 0 aliphatic rings. The summed E-state index contributed by atoms with van der Waals surface area (Å²) < 4.78 is 7.15. The van der Waals surface area contributed by atoms with Crippen LogP contribution in [0.15, 0.2) is 28.7 Å². The standard InChI is InChI=1S/C16H17N5O2/c1-9-5-10(2)7-12(6-9)15-18-19-16(23-15)17-14(22)13-8-11(3)21(4)20-13/h5-8H,1-4H3,(H,17,19,22). The second-order valence-electron chi connectivity index (χ2n) is 5.54. The van der Waals surface area contributed by atoms with Gasteiger partial charge in [-0.1, -0.05) is 22.3 Å². The van der Waals surface area contributed by atoms with Crippen molar-refractivity contribution in [2.45, 2.75) is 20.8 Å². The normalized spacial score (nSPS) is 10.8. The summed E-state index contributed by atoms with van der Waals surface area (Å²) in [5, 5.41) is 14.5. The predicted molar refractivity (Wildman–Crippen MR) is 85.1 cm³/mol. The van der Waals surface area contributed by atoms with Crippen LogP contribution in [0.1, 0.15) is 27.3 Å². The van der Waals surface area contributed by atoms with Crippen LogP contribution in [0, 0.1) is 20.8 Å². The molecule has 0 saturated heterocycles. The van der Waals surface area contributed by atoms with Gasteiger partial charge in [-0.15, -0.1) is 5.10 Å². The first-order valence-electron chi connectivity index (χ1n) is 7.16. The van der Waals surface area contributed by atoms with Crippen LogP contribution in [-0.4, -0.2) is 25.9 Å². The van der Waals surface area contributed by atoms with Gasteiger partial charge in [-0.05, 0) is 39.0 Å². The minimum absolute atomic E-state index is 0.0486. The van der Waals surface area contributed by atoms with Gasteiger partial charge in [-0.3, -0.25) is 14.8 Å². The van der Waals surface area contributed by atoms with Crippen LogP contribution >= 0.6 is 0 Å². The van der Waals surface area contributed by atoms with Crippen LogP contribution in [0.4, 0.5) is 6.01 Å². The molecular weight excluding hydrogens is 294 g/mol. The van der Waals surface area contributed by atoms with Gasteiger partial charge in [-0.25, -0.2) is 0 Å². The molecule has 3 rings (SSSR count). The lowest BCUT2D eigenvalue weighted by atomic mass is 10.1. The molecule has 0 bridgehead atoms. The van der Waals surface area contributed by atoms with E-state index in [1.165, 1.54) is 0 Å². The molecule has 0 spiro atoms. The summed E-state index contributed by atoms with van der Waals surface area (Å²) in [6, 6.07) is 7.71. The Morgan fingerprint density at radius 3 is 2.39 bits per heavy atom. The van der Waals surface area contributed by atoms with Crippen LogP contribution in [0.3, 0.4) is 0 Å². The van der Waals surface area contributed by atoms with Crippen molar-refractivity contribution in [1.29, 1.82) is 0 Å². The lowest BCUT2D eigenvalue weighted by molar-refractivity contribution is 0.101. The fraction of sp³-hybridized carbons (Fsp3) is 0.250. The molecule has 0 fully saturated rings. The number of nitrogens with one attached hydrogen (secondary N) is 1. The monoisotopic (exact) mass is 311 g/mol. The van der Waals surface area contributed by atoms with Crippen LogP contribution in [0.2, 0.25) is 0 Å². The van der Waals surface area contributed by atoms with E-state index in [-0.39, 0.29) is 11.9 Å². The number of rotatable bonds is 3. The molecule has 7 nitrogen and oxygen atoms in total. The first-order valence-corrected chi connectivity index (χ1v) is 7.16. The lowest BCUT2D eigenvalue weighted by Crippen LogP contribution is -2.13. The lowest BCUT2D eigenvalue weighted by Gasteiger charge is -2.00. The Morgan fingerprint density at radius 2 is 1.78 bits per heavy atom. The Hall–Kier alpha value is -2.96. The van der Waals surface area contributed by atoms with E-state index in [9.17, 15) is 4.79 Å². The molecule has 1 N–H and O–H groups in total. The molecule has 23 heavy (non-hydrogen) atoms. The van der Waals surface area contributed by atoms with Gasteiger partial charge in [-0.2, -0.15) is 5.10 Å². The zero-order chi connectivity index (χ0) is 16.6. The second-order valence-corrected chi connectivity index (χ2v) is 5.54. The minimum Gasteiger partial charge on any atom is -0.403 e. The van der Waals surface area contributed by atoms with Gasteiger partial charge in [0.2, 0.25) is 5.89 Å². The van der Waals surface area contributed by atoms with E-state index >= 15 is 0 Å². The Morgan fingerprint density at radius 1 is 1.09 bits per heavy atom. The number of hydrogen-bond acceptors (Lipinski definition) is 5. The summed E-state index contributed by atoms with van der Waals surface area (Å²) >= 11 is 0. The number of aryl methyl sites for hydroxylation is 4. The number of carbonyl (C=O) groups excluding carboxylic acids is 1. The maximum absolute atomic E-state index is 12.1. The number of benzene rings is 1. The summed E-state index contributed by atoms with van der Waals surface area (Å²) in [6.07, 6.45) is 0. The van der Waals surface area contributed by atoms with Crippen molar-refractivity contribution in [3.63, 3.8) is 0 Å². The summed E-state index contributed by atoms with van der Waals surface area (Å²) in [4.78, 5) is 12.1. The fourth-order valence-electron chi connectivity index (χ4n) is 2.32. The molecule has 0 aliphatic carbocycles. The Kier molecular flexibility index (Phi) is 3.69. The predicted octanol–water partition coefficient (Wildman–Crippen LogP) is 2.65. The van der Waals surface area contributed by atoms with Crippen LogP contribution in [-0.2, 0) is 7.05 Å². The summed E-state index contributed by atoms with van der Waals surface area (Å²) in [5.41, 5.74) is 4.22. The topological polar surface area (TPSA) is 85.8 Å². The van der Waals surface area contributed by atoms with E-state index in [1.54, 1.807) is 17.8 Å². The number of amides is 1. The third-order valence-corrected chi connectivity index (χ3v) is 3.46. The number of carbonyl (C=O) groups is 1. The van der Waals surface area contributed by atoms with Crippen molar-refractivity contribution in [1.82, 2.24) is 20.0 Å². The molecule has 118 valence electrons. The SMILES string of the molecule is Cc1cc(C)cc(-c2nnc(NC(=O)c3cc(C)n(C)n3)o2)c1. The molecule has 1 aromatic carbocycles. The highest BCUT2D eigenvalue weighted by Crippen LogP contribution is 2.22. The zero-order valence-electron chi connectivity index (χ0n) is 13.4. The quantitative estimate of drug-likeness (QED) is 0.803. The van der Waals surface area contributed by atoms with E-state index in [1.807, 2.05) is 32.9 Å². The molecule has 1 amide bonds. The molecule has 2 aromatic heterocycles. The summed E-state index contributed by atoms with van der Waals surface area (Å²) in [6.45, 7) is 5.87. The molecule has 3 aromatic rings. The first-order chi connectivity index (χ1) is 10.9. The molecular formula is C16H17N5O2. The van der Waals surface area contributed by atoms with Crippen LogP contribution in [0.5, 0.6) is 0 Å². The zero-order valence-corrected chi connectivity index (χ0v) is 13.4. The number of hydrogen-bond donors (Lipinski definition) is 1. The maximum atomic E-state index is 12.1. The molecule has 7 heteroatoms. The van der Waals surface area contributed by atoms with Crippen molar-refractivity contribution in [3.8, 4) is 11.5 Å². The summed E-state index contributed by atoms with van der Waals surface area (Å²) in [7, 11) is 1.77. The van der Waals surface area contributed by atoms with Gasteiger partial charge < -0.3 is 4.42 Å². The Balaban J connectivity index is 1.80. The maximum Gasteiger partial charge on any atom is 0.322 e. The molecule has 2 heterocycles. The largest absolute Gasteiger partial charge is 0.403 e. The summed E-state index contributed by atoms with van der Waals surface area (Å²) in [5.74, 6) is -0.0198. The van der Waals surface area contributed by atoms with Crippen LogP contribution < -0.4 is 5.32 Å². The fourth-order valence-corrected chi connectivity index (χ4v) is 2.32. The van der Waals surface area contributed by atoms with E-state index in [0.717, 1.165) is 22.4 Å². The highest BCUT2D eigenvalue weighted by atomic mass is 16.4. The average Bonchev–Trinajstić information content (AvgIpc) is 3.06. The molecule has 0 saturated carbocycles. The van der Waals surface area contributed by atoms with Gasteiger partial charge in [0.25, 0.3) is 5.91 Å². The van der Waals surface area contributed by atoms with Crippen molar-refractivity contribution in [2.24, 2.45) is 7.05 Å². The number of aromatic nitrogens is 4. The van der Waals surface area contributed by atoms with Gasteiger partial charge in [0, 0.05) is 18.3 Å². The molecule has 0 radical (unpaired) electrons. The molecule has 0 unspecified atom stereocenters. The third-order valence-electron chi connectivity index (χ3n) is 3.46. The highest BCUT2D eigenvalue weighted by Gasteiger charge is 2.15. The Labute approximate surface area is 133 Å². The third kappa shape index (κ3) is 3.13. The highest BCUT2D eigenvalue weighted by molar-refractivity contribution is 6.01. The van der Waals surface area contributed by atoms with Crippen molar-refractivity contribution in [3.05, 3.63) is 46.8 Å². The van der Waals surface area contributed by atoms with E-state index in [2.05, 4.69) is 26.7 Å². The Bertz CT molecular complexity index is 839. The first kappa shape index (κ1) is 15.0. The average molecular weight is 311 g/mol. The molecule has 0 aliphatic heterocycles. The van der Waals surface area contributed by atoms with E-state index in [0.29, 0.717) is 11.6 Å².